The summed E-state index contributed by atoms with van der Waals surface area (Å²) >= 11 is 3.48. The number of hydrogen-bond donors (Lipinski definition) is 0. The highest BCUT2D eigenvalue weighted by Crippen LogP contribution is 2.34. The molecule has 1 aliphatic heterocycles. The molecule has 1 aliphatic rings. The summed E-state index contributed by atoms with van der Waals surface area (Å²) in [5.74, 6) is 1.33. The molecule has 0 N–H and O–H groups in total. The van der Waals surface area contributed by atoms with Gasteiger partial charge in [-0.25, -0.2) is 0 Å². The number of ether oxygens (including phenoxy) is 3. The number of halogens is 1. The van der Waals surface area contributed by atoms with E-state index in [1.54, 1.807) is 20.4 Å². The van der Waals surface area contributed by atoms with Gasteiger partial charge >= 0.3 is 0 Å². The van der Waals surface area contributed by atoms with Crippen LogP contribution in [0.1, 0.15) is 5.56 Å². The fourth-order valence-corrected chi connectivity index (χ4v) is 3.22. The summed E-state index contributed by atoms with van der Waals surface area (Å²) in [6.07, 6.45) is 1.79. The summed E-state index contributed by atoms with van der Waals surface area (Å²) in [6.45, 7) is 3.42. The van der Waals surface area contributed by atoms with E-state index in [0.29, 0.717) is 11.5 Å². The van der Waals surface area contributed by atoms with Crippen molar-refractivity contribution in [2.45, 2.75) is 0 Å². The van der Waals surface area contributed by atoms with Gasteiger partial charge in [-0.15, -0.1) is 0 Å². The monoisotopic (exact) mass is 404 g/mol. The average Bonchev–Trinajstić information content (AvgIpc) is 2.67. The van der Waals surface area contributed by atoms with Crippen molar-refractivity contribution < 1.29 is 14.2 Å². The van der Waals surface area contributed by atoms with Gasteiger partial charge in [0.1, 0.15) is 0 Å². The van der Waals surface area contributed by atoms with Crippen LogP contribution in [0.3, 0.4) is 0 Å². The van der Waals surface area contributed by atoms with E-state index in [1.807, 2.05) is 24.3 Å². The summed E-state index contributed by atoms with van der Waals surface area (Å²) in [7, 11) is 3.25. The van der Waals surface area contributed by atoms with Crippen molar-refractivity contribution in [1.82, 2.24) is 0 Å². The van der Waals surface area contributed by atoms with Crippen molar-refractivity contribution in [3.63, 3.8) is 0 Å². The van der Waals surface area contributed by atoms with Gasteiger partial charge in [0.25, 0.3) is 0 Å². The first-order valence-electron chi connectivity index (χ1n) is 8.09. The first-order chi connectivity index (χ1) is 12.2. The summed E-state index contributed by atoms with van der Waals surface area (Å²) < 4.78 is 17.1. The van der Waals surface area contributed by atoms with Crippen LogP contribution in [0.5, 0.6) is 11.5 Å². The van der Waals surface area contributed by atoms with Gasteiger partial charge in [-0.05, 0) is 36.4 Å². The minimum absolute atomic E-state index is 0.666. The highest BCUT2D eigenvalue weighted by molar-refractivity contribution is 9.10. The fraction of sp³-hybridized carbons (Fsp3) is 0.316. The first-order valence-corrected chi connectivity index (χ1v) is 8.89. The van der Waals surface area contributed by atoms with Gasteiger partial charge in [-0.1, -0.05) is 15.9 Å². The zero-order valence-corrected chi connectivity index (χ0v) is 16.0. The van der Waals surface area contributed by atoms with Crippen molar-refractivity contribution in [3.8, 4) is 11.5 Å². The van der Waals surface area contributed by atoms with Crippen LogP contribution in [0.4, 0.5) is 11.4 Å². The number of morpholine rings is 1. The maximum atomic E-state index is 5.45. The van der Waals surface area contributed by atoms with E-state index in [1.165, 1.54) is 5.69 Å². The quantitative estimate of drug-likeness (QED) is 0.704. The second-order valence-corrected chi connectivity index (χ2v) is 6.52. The molecule has 2 aromatic carbocycles. The molecule has 0 unspecified atom stereocenters. The van der Waals surface area contributed by atoms with Crippen LogP contribution in [0.2, 0.25) is 0 Å². The molecule has 0 aliphatic carbocycles. The van der Waals surface area contributed by atoms with Gasteiger partial charge in [0.05, 0.1) is 33.1 Å². The standard InChI is InChI=1S/C19H21BrN2O3/c1-23-18-12-15(20)11-14(19(18)24-2)13-21-16-3-5-17(6-4-16)22-7-9-25-10-8-22/h3-6,11-13H,7-10H2,1-2H3. The van der Waals surface area contributed by atoms with Crippen molar-refractivity contribution in [1.29, 1.82) is 0 Å². The molecule has 1 heterocycles. The third-order valence-corrected chi connectivity index (χ3v) is 4.51. The van der Waals surface area contributed by atoms with E-state index in [4.69, 9.17) is 14.2 Å². The van der Waals surface area contributed by atoms with E-state index in [9.17, 15) is 0 Å². The summed E-state index contributed by atoms with van der Waals surface area (Å²) in [5, 5.41) is 0. The minimum atomic E-state index is 0.666. The predicted octanol–water partition coefficient (Wildman–Crippen LogP) is 4.05. The molecule has 25 heavy (non-hydrogen) atoms. The Morgan fingerprint density at radius 1 is 1.08 bits per heavy atom. The Hall–Kier alpha value is -2.05. The Kier molecular flexibility index (Phi) is 5.94. The topological polar surface area (TPSA) is 43.3 Å². The van der Waals surface area contributed by atoms with Crippen molar-refractivity contribution in [3.05, 3.63) is 46.4 Å². The van der Waals surface area contributed by atoms with Crippen molar-refractivity contribution in [2.75, 3.05) is 45.4 Å². The van der Waals surface area contributed by atoms with Gasteiger partial charge in [0.2, 0.25) is 0 Å². The van der Waals surface area contributed by atoms with E-state index < -0.39 is 0 Å². The normalized spacial score (nSPS) is 14.8. The molecule has 0 saturated carbocycles. The van der Waals surface area contributed by atoms with Crippen LogP contribution in [0.15, 0.2) is 45.9 Å². The van der Waals surface area contributed by atoms with E-state index >= 15 is 0 Å². The summed E-state index contributed by atoms with van der Waals surface area (Å²) in [4.78, 5) is 6.88. The Bertz CT molecular complexity index is 741. The molecule has 1 fully saturated rings. The van der Waals surface area contributed by atoms with E-state index in [-0.39, 0.29) is 0 Å². The molecular weight excluding hydrogens is 384 g/mol. The van der Waals surface area contributed by atoms with Gasteiger partial charge in [0, 0.05) is 35.0 Å². The van der Waals surface area contributed by atoms with Crippen LogP contribution in [0, 0.1) is 0 Å². The lowest BCUT2D eigenvalue weighted by molar-refractivity contribution is 0.122. The van der Waals surface area contributed by atoms with Gasteiger partial charge < -0.3 is 19.1 Å². The number of hydrogen-bond acceptors (Lipinski definition) is 5. The molecule has 3 rings (SSSR count). The Morgan fingerprint density at radius 3 is 2.44 bits per heavy atom. The molecule has 2 aromatic rings. The van der Waals surface area contributed by atoms with Gasteiger partial charge in [-0.2, -0.15) is 0 Å². The molecule has 1 saturated heterocycles. The van der Waals surface area contributed by atoms with Gasteiger partial charge in [0.15, 0.2) is 11.5 Å². The molecule has 5 nitrogen and oxygen atoms in total. The molecule has 132 valence electrons. The third kappa shape index (κ3) is 4.32. The lowest BCUT2D eigenvalue weighted by Gasteiger charge is -2.28. The van der Waals surface area contributed by atoms with Crippen molar-refractivity contribution >= 4 is 33.5 Å². The number of rotatable bonds is 5. The van der Waals surface area contributed by atoms with E-state index in [2.05, 4.69) is 38.0 Å². The zero-order chi connectivity index (χ0) is 17.6. The number of methoxy groups -OCH3 is 2. The van der Waals surface area contributed by atoms with Crippen LogP contribution >= 0.6 is 15.9 Å². The molecule has 0 amide bonds. The molecule has 0 atom stereocenters. The second kappa shape index (κ2) is 8.36. The van der Waals surface area contributed by atoms with Crippen molar-refractivity contribution in [2.24, 2.45) is 4.99 Å². The average molecular weight is 405 g/mol. The smallest absolute Gasteiger partial charge is 0.169 e. The lowest BCUT2D eigenvalue weighted by Crippen LogP contribution is -2.36. The number of nitrogens with zero attached hydrogens (tertiary/aromatic N) is 2. The largest absolute Gasteiger partial charge is 0.493 e. The zero-order valence-electron chi connectivity index (χ0n) is 14.4. The van der Waals surface area contributed by atoms with Crippen LogP contribution in [-0.4, -0.2) is 46.7 Å². The second-order valence-electron chi connectivity index (χ2n) is 5.60. The maximum Gasteiger partial charge on any atom is 0.169 e. The maximum absolute atomic E-state index is 5.45. The Balaban J connectivity index is 1.79. The fourth-order valence-electron chi connectivity index (χ4n) is 2.77. The molecule has 0 aromatic heterocycles. The van der Waals surface area contributed by atoms with E-state index in [0.717, 1.165) is 42.0 Å². The molecule has 0 radical (unpaired) electrons. The van der Waals surface area contributed by atoms with Gasteiger partial charge in [-0.3, -0.25) is 4.99 Å². The summed E-state index contributed by atoms with van der Waals surface area (Å²) in [5.41, 5.74) is 2.94. The van der Waals surface area contributed by atoms with Crippen LogP contribution in [0.25, 0.3) is 0 Å². The number of aliphatic imine (C=N–C) groups is 1. The number of anilines is 1. The predicted molar refractivity (Wildman–Crippen MR) is 104 cm³/mol. The first kappa shape index (κ1) is 17.8. The highest BCUT2D eigenvalue weighted by atomic mass is 79.9. The molecule has 0 bridgehead atoms. The summed E-state index contributed by atoms with van der Waals surface area (Å²) in [6, 6.07) is 12.0. The highest BCUT2D eigenvalue weighted by Gasteiger charge is 2.11. The molecule has 0 spiro atoms. The van der Waals surface area contributed by atoms with Crippen LogP contribution in [-0.2, 0) is 4.74 Å². The SMILES string of the molecule is COc1cc(Br)cc(C=Nc2ccc(N3CCOCC3)cc2)c1OC. The molecule has 6 heteroatoms. The Morgan fingerprint density at radius 2 is 1.80 bits per heavy atom. The molecular formula is C19H21BrN2O3. The lowest BCUT2D eigenvalue weighted by atomic mass is 10.2. The van der Waals surface area contributed by atoms with Crippen LogP contribution < -0.4 is 14.4 Å². The number of benzene rings is 2. The minimum Gasteiger partial charge on any atom is -0.493 e. The Labute approximate surface area is 156 Å². The third-order valence-electron chi connectivity index (χ3n) is 4.05.